The summed E-state index contributed by atoms with van der Waals surface area (Å²) >= 11 is 0. The van der Waals surface area contributed by atoms with E-state index < -0.39 is 0 Å². The largest absolute Gasteiger partial charge is 0.361 e. The van der Waals surface area contributed by atoms with Gasteiger partial charge in [0.1, 0.15) is 5.76 Å². The first-order chi connectivity index (χ1) is 12.9. The van der Waals surface area contributed by atoms with Crippen molar-refractivity contribution in [3.05, 3.63) is 22.8 Å². The predicted octanol–water partition coefficient (Wildman–Crippen LogP) is 1.39. The molecule has 0 radical (unpaired) electrons. The van der Waals surface area contributed by atoms with Crippen LogP contribution in [-0.2, 0) is 17.8 Å². The van der Waals surface area contributed by atoms with E-state index in [-0.39, 0.29) is 12.5 Å². The molecule has 0 saturated carbocycles. The maximum atomic E-state index is 12.2. The molecule has 0 aromatic carbocycles. The Morgan fingerprint density at radius 2 is 1.93 bits per heavy atom. The SMILES string of the molecule is Cc1noc(C)c1CCC(=O)NCc1nc(N(C)C)nc(N2CCCC2)n1. The molecule has 2 aromatic rings. The minimum Gasteiger partial charge on any atom is -0.361 e. The molecule has 1 N–H and O–H groups in total. The minimum absolute atomic E-state index is 0.0514. The summed E-state index contributed by atoms with van der Waals surface area (Å²) in [4.78, 5) is 29.8. The van der Waals surface area contributed by atoms with Gasteiger partial charge in [0.05, 0.1) is 12.2 Å². The number of aryl methyl sites for hydroxylation is 2. The second-order valence-electron chi connectivity index (χ2n) is 7.02. The summed E-state index contributed by atoms with van der Waals surface area (Å²) in [7, 11) is 3.80. The lowest BCUT2D eigenvalue weighted by atomic mass is 10.1. The van der Waals surface area contributed by atoms with Crippen LogP contribution in [0.25, 0.3) is 0 Å². The van der Waals surface area contributed by atoms with Crippen LogP contribution in [0.15, 0.2) is 4.52 Å². The molecular formula is C18H27N7O2. The highest BCUT2D eigenvalue weighted by Crippen LogP contribution is 2.18. The molecule has 1 amide bonds. The second kappa shape index (κ2) is 8.32. The highest BCUT2D eigenvalue weighted by Gasteiger charge is 2.18. The number of nitrogens with zero attached hydrogens (tertiary/aromatic N) is 6. The number of nitrogens with one attached hydrogen (secondary N) is 1. The quantitative estimate of drug-likeness (QED) is 0.777. The molecule has 0 unspecified atom stereocenters. The molecule has 9 nitrogen and oxygen atoms in total. The van der Waals surface area contributed by atoms with E-state index in [9.17, 15) is 4.79 Å². The first kappa shape index (κ1) is 19.1. The van der Waals surface area contributed by atoms with Gasteiger partial charge in [-0.25, -0.2) is 0 Å². The van der Waals surface area contributed by atoms with E-state index in [4.69, 9.17) is 4.52 Å². The summed E-state index contributed by atoms with van der Waals surface area (Å²) in [5.74, 6) is 2.58. The van der Waals surface area contributed by atoms with E-state index in [1.54, 1.807) is 0 Å². The van der Waals surface area contributed by atoms with Gasteiger partial charge < -0.3 is 19.6 Å². The summed E-state index contributed by atoms with van der Waals surface area (Å²) < 4.78 is 5.14. The number of hydrogen-bond donors (Lipinski definition) is 1. The van der Waals surface area contributed by atoms with E-state index in [1.165, 1.54) is 0 Å². The molecule has 3 rings (SSSR count). The number of carbonyl (C=O) groups excluding carboxylic acids is 1. The topological polar surface area (TPSA) is 100 Å². The van der Waals surface area contributed by atoms with Crippen molar-refractivity contribution in [1.29, 1.82) is 0 Å². The Kier molecular flexibility index (Phi) is 5.88. The van der Waals surface area contributed by atoms with Crippen LogP contribution in [0.4, 0.5) is 11.9 Å². The normalized spacial score (nSPS) is 13.9. The zero-order valence-electron chi connectivity index (χ0n) is 16.4. The van der Waals surface area contributed by atoms with Gasteiger partial charge in [0.15, 0.2) is 5.82 Å². The molecule has 0 aliphatic carbocycles. The van der Waals surface area contributed by atoms with Gasteiger partial charge in [-0.05, 0) is 33.1 Å². The van der Waals surface area contributed by atoms with Gasteiger partial charge in [0.2, 0.25) is 17.8 Å². The number of anilines is 2. The lowest BCUT2D eigenvalue weighted by Gasteiger charge is -2.18. The average molecular weight is 373 g/mol. The van der Waals surface area contributed by atoms with Crippen molar-refractivity contribution < 1.29 is 9.32 Å². The molecule has 3 heterocycles. The van der Waals surface area contributed by atoms with E-state index in [0.717, 1.165) is 42.9 Å². The van der Waals surface area contributed by atoms with Crippen LogP contribution in [0.2, 0.25) is 0 Å². The lowest BCUT2D eigenvalue weighted by Crippen LogP contribution is -2.27. The third-order valence-electron chi connectivity index (χ3n) is 4.67. The molecule has 146 valence electrons. The Bertz CT molecular complexity index is 778. The van der Waals surface area contributed by atoms with Gasteiger partial charge in [-0.3, -0.25) is 4.79 Å². The van der Waals surface area contributed by atoms with Crippen molar-refractivity contribution in [1.82, 2.24) is 25.4 Å². The molecule has 2 aromatic heterocycles. The van der Waals surface area contributed by atoms with Gasteiger partial charge >= 0.3 is 0 Å². The Labute approximate surface area is 159 Å². The van der Waals surface area contributed by atoms with Crippen LogP contribution in [0.1, 0.15) is 42.1 Å². The standard InChI is InChI=1S/C18H27N7O2/c1-12-14(13(2)27-23-12)7-8-16(26)19-11-15-20-17(24(3)4)22-18(21-15)25-9-5-6-10-25/h5-11H2,1-4H3,(H,19,26). The molecule has 9 heteroatoms. The highest BCUT2D eigenvalue weighted by molar-refractivity contribution is 5.76. The third-order valence-corrected chi connectivity index (χ3v) is 4.67. The predicted molar refractivity (Wildman–Crippen MR) is 102 cm³/mol. The van der Waals surface area contributed by atoms with Gasteiger partial charge in [-0.2, -0.15) is 15.0 Å². The second-order valence-corrected chi connectivity index (χ2v) is 7.02. The Morgan fingerprint density at radius 3 is 2.56 bits per heavy atom. The van der Waals surface area contributed by atoms with Gasteiger partial charge in [0.25, 0.3) is 0 Å². The molecule has 1 fully saturated rings. The molecule has 1 aliphatic rings. The molecular weight excluding hydrogens is 346 g/mol. The van der Waals surface area contributed by atoms with E-state index in [2.05, 4.69) is 30.3 Å². The van der Waals surface area contributed by atoms with E-state index in [0.29, 0.717) is 30.6 Å². The number of rotatable bonds is 7. The molecule has 1 aliphatic heterocycles. The fourth-order valence-electron chi connectivity index (χ4n) is 3.10. The Balaban J connectivity index is 1.61. The van der Waals surface area contributed by atoms with Gasteiger partial charge in [0, 0.05) is 39.2 Å². The fraction of sp³-hybridized carbons (Fsp3) is 0.611. The van der Waals surface area contributed by atoms with Crippen molar-refractivity contribution in [2.24, 2.45) is 0 Å². The van der Waals surface area contributed by atoms with Crippen molar-refractivity contribution in [3.8, 4) is 0 Å². The fourth-order valence-corrected chi connectivity index (χ4v) is 3.10. The third kappa shape index (κ3) is 4.72. The summed E-state index contributed by atoms with van der Waals surface area (Å²) in [5, 5.41) is 6.82. The van der Waals surface area contributed by atoms with Crippen molar-refractivity contribution in [2.75, 3.05) is 37.0 Å². The van der Waals surface area contributed by atoms with Crippen LogP contribution in [0.3, 0.4) is 0 Å². The van der Waals surface area contributed by atoms with Crippen LogP contribution in [-0.4, -0.2) is 53.2 Å². The van der Waals surface area contributed by atoms with Crippen molar-refractivity contribution in [3.63, 3.8) is 0 Å². The first-order valence-electron chi connectivity index (χ1n) is 9.29. The van der Waals surface area contributed by atoms with Gasteiger partial charge in [-0.1, -0.05) is 5.16 Å². The summed E-state index contributed by atoms with van der Waals surface area (Å²) in [6.07, 6.45) is 3.27. The van der Waals surface area contributed by atoms with Crippen molar-refractivity contribution >= 4 is 17.8 Å². The molecule has 0 spiro atoms. The Hall–Kier alpha value is -2.71. The summed E-state index contributed by atoms with van der Waals surface area (Å²) in [6, 6.07) is 0. The average Bonchev–Trinajstić information content (AvgIpc) is 3.29. The molecule has 0 bridgehead atoms. The van der Waals surface area contributed by atoms with Crippen LogP contribution < -0.4 is 15.1 Å². The van der Waals surface area contributed by atoms with Crippen LogP contribution >= 0.6 is 0 Å². The molecule has 1 saturated heterocycles. The number of aromatic nitrogens is 4. The number of carbonyl (C=O) groups is 1. The van der Waals surface area contributed by atoms with E-state index >= 15 is 0 Å². The van der Waals surface area contributed by atoms with E-state index in [1.807, 2.05) is 32.8 Å². The summed E-state index contributed by atoms with van der Waals surface area (Å²) in [5.41, 5.74) is 1.83. The maximum absolute atomic E-state index is 12.2. The van der Waals surface area contributed by atoms with Crippen LogP contribution in [0, 0.1) is 13.8 Å². The van der Waals surface area contributed by atoms with Gasteiger partial charge in [-0.15, -0.1) is 0 Å². The van der Waals surface area contributed by atoms with Crippen LogP contribution in [0.5, 0.6) is 0 Å². The lowest BCUT2D eigenvalue weighted by molar-refractivity contribution is -0.121. The maximum Gasteiger partial charge on any atom is 0.230 e. The smallest absolute Gasteiger partial charge is 0.230 e. The zero-order valence-corrected chi connectivity index (χ0v) is 16.4. The molecule has 27 heavy (non-hydrogen) atoms. The first-order valence-corrected chi connectivity index (χ1v) is 9.29. The summed E-state index contributed by atoms with van der Waals surface area (Å²) in [6.45, 7) is 5.95. The zero-order chi connectivity index (χ0) is 19.4. The highest BCUT2D eigenvalue weighted by atomic mass is 16.5. The Morgan fingerprint density at radius 1 is 1.19 bits per heavy atom. The monoisotopic (exact) mass is 373 g/mol. The minimum atomic E-state index is -0.0514. The number of amides is 1. The molecule has 0 atom stereocenters. The number of hydrogen-bond acceptors (Lipinski definition) is 8. The van der Waals surface area contributed by atoms with Crippen molar-refractivity contribution in [2.45, 2.75) is 46.1 Å².